The maximum Gasteiger partial charge on any atom is 0.248 e. The van der Waals surface area contributed by atoms with E-state index in [1.54, 1.807) is 18.2 Å². The Hall–Kier alpha value is -3.61. The van der Waals surface area contributed by atoms with Gasteiger partial charge in [-0.1, -0.05) is 54.6 Å². The van der Waals surface area contributed by atoms with E-state index in [1.807, 2.05) is 30.3 Å². The molecule has 3 aromatic rings. The maximum absolute atomic E-state index is 12.2. The first-order valence-electron chi connectivity index (χ1n) is 10.8. The Morgan fingerprint density at radius 2 is 1.66 bits per heavy atom. The summed E-state index contributed by atoms with van der Waals surface area (Å²) in [6.07, 6.45) is 3.32. The van der Waals surface area contributed by atoms with Crippen LogP contribution in [0.25, 0.3) is 6.08 Å². The summed E-state index contributed by atoms with van der Waals surface area (Å²) in [5.74, 6) is -0.213. The van der Waals surface area contributed by atoms with Crippen molar-refractivity contribution in [3.05, 3.63) is 96.1 Å². The summed E-state index contributed by atoms with van der Waals surface area (Å²) in [4.78, 5) is 12.2. The van der Waals surface area contributed by atoms with Crippen molar-refractivity contribution >= 4 is 29.0 Å². The SMILES string of the molecule is Nc1ccccc1NC(=O)C=Cc1ccc(CN(c2ccccc2)N2CCOCC2)cc1. The Kier molecular flexibility index (Phi) is 7.17. The lowest BCUT2D eigenvalue weighted by Gasteiger charge is -2.39. The molecule has 0 bridgehead atoms. The van der Waals surface area contributed by atoms with E-state index in [-0.39, 0.29) is 5.91 Å². The molecule has 4 rings (SSSR count). The standard InChI is InChI=1S/C26H28N4O2/c27-24-8-4-5-9-25(24)28-26(31)15-14-21-10-12-22(13-11-21)20-30(23-6-2-1-3-7-23)29-16-18-32-19-17-29/h1-15H,16-20,27H2,(H,28,31). The summed E-state index contributed by atoms with van der Waals surface area (Å²) in [6, 6.07) is 25.9. The zero-order valence-corrected chi connectivity index (χ0v) is 18.0. The molecule has 32 heavy (non-hydrogen) atoms. The molecule has 0 aliphatic carbocycles. The fourth-order valence-corrected chi connectivity index (χ4v) is 3.61. The molecule has 3 N–H and O–H groups in total. The zero-order chi connectivity index (χ0) is 22.2. The van der Waals surface area contributed by atoms with E-state index in [9.17, 15) is 4.79 Å². The molecule has 0 unspecified atom stereocenters. The van der Waals surface area contributed by atoms with Crippen molar-refractivity contribution in [1.82, 2.24) is 5.01 Å². The van der Waals surface area contributed by atoms with Crippen molar-refractivity contribution in [1.29, 1.82) is 0 Å². The van der Waals surface area contributed by atoms with Crippen LogP contribution in [0, 0.1) is 0 Å². The number of ether oxygens (including phenoxy) is 1. The number of benzene rings is 3. The van der Waals surface area contributed by atoms with E-state index >= 15 is 0 Å². The lowest BCUT2D eigenvalue weighted by Crippen LogP contribution is -2.48. The van der Waals surface area contributed by atoms with E-state index < -0.39 is 0 Å². The summed E-state index contributed by atoms with van der Waals surface area (Å²) in [5, 5.41) is 7.45. The molecule has 0 saturated carbocycles. The number of nitrogens with two attached hydrogens (primary N) is 1. The number of hydrogen-bond acceptors (Lipinski definition) is 5. The number of para-hydroxylation sites is 3. The number of hydrazine groups is 1. The van der Waals surface area contributed by atoms with Gasteiger partial charge in [-0.3, -0.25) is 4.79 Å². The van der Waals surface area contributed by atoms with Crippen molar-refractivity contribution in [2.75, 3.05) is 42.4 Å². The highest BCUT2D eigenvalue weighted by molar-refractivity contribution is 6.03. The van der Waals surface area contributed by atoms with Crippen LogP contribution in [-0.2, 0) is 16.1 Å². The normalized spacial score (nSPS) is 14.4. The second kappa shape index (κ2) is 10.6. The van der Waals surface area contributed by atoms with Crippen LogP contribution in [0.1, 0.15) is 11.1 Å². The minimum Gasteiger partial charge on any atom is -0.397 e. The Bertz CT molecular complexity index is 1040. The molecule has 164 valence electrons. The van der Waals surface area contributed by atoms with E-state index in [0.717, 1.165) is 44.1 Å². The number of morpholine rings is 1. The lowest BCUT2D eigenvalue weighted by molar-refractivity contribution is -0.111. The zero-order valence-electron chi connectivity index (χ0n) is 18.0. The minimum atomic E-state index is -0.213. The number of amides is 1. The van der Waals surface area contributed by atoms with Crippen LogP contribution in [0.2, 0.25) is 0 Å². The number of carbonyl (C=O) groups is 1. The Morgan fingerprint density at radius 1 is 0.969 bits per heavy atom. The molecule has 0 spiro atoms. The van der Waals surface area contributed by atoms with Gasteiger partial charge in [0.1, 0.15) is 0 Å². The molecular formula is C26H28N4O2. The highest BCUT2D eigenvalue weighted by Gasteiger charge is 2.19. The Labute approximate surface area is 188 Å². The molecular weight excluding hydrogens is 400 g/mol. The van der Waals surface area contributed by atoms with Crippen molar-refractivity contribution in [3.63, 3.8) is 0 Å². The third-order valence-corrected chi connectivity index (χ3v) is 5.34. The molecule has 3 aromatic carbocycles. The number of carbonyl (C=O) groups excluding carboxylic acids is 1. The van der Waals surface area contributed by atoms with E-state index in [4.69, 9.17) is 10.5 Å². The van der Waals surface area contributed by atoms with Gasteiger partial charge >= 0.3 is 0 Å². The van der Waals surface area contributed by atoms with E-state index in [1.165, 1.54) is 11.6 Å². The number of nitrogen functional groups attached to an aromatic ring is 1. The topological polar surface area (TPSA) is 70.8 Å². The van der Waals surface area contributed by atoms with Crippen molar-refractivity contribution in [2.45, 2.75) is 6.54 Å². The minimum absolute atomic E-state index is 0.213. The highest BCUT2D eigenvalue weighted by atomic mass is 16.5. The third-order valence-electron chi connectivity index (χ3n) is 5.34. The predicted octanol–water partition coefficient (Wildman–Crippen LogP) is 4.17. The number of rotatable bonds is 7. The summed E-state index contributed by atoms with van der Waals surface area (Å²) in [5.41, 5.74) is 10.3. The van der Waals surface area contributed by atoms with Crippen LogP contribution < -0.4 is 16.1 Å². The molecule has 1 saturated heterocycles. The summed E-state index contributed by atoms with van der Waals surface area (Å²) in [7, 11) is 0. The summed E-state index contributed by atoms with van der Waals surface area (Å²) >= 11 is 0. The smallest absolute Gasteiger partial charge is 0.248 e. The van der Waals surface area contributed by atoms with Gasteiger partial charge in [0.2, 0.25) is 5.91 Å². The molecule has 1 heterocycles. The van der Waals surface area contributed by atoms with Gasteiger partial charge in [-0.25, -0.2) is 5.01 Å². The quantitative estimate of drug-likeness (QED) is 0.437. The van der Waals surface area contributed by atoms with E-state index in [2.05, 4.69) is 51.7 Å². The number of anilines is 3. The van der Waals surface area contributed by atoms with Gasteiger partial charge in [-0.05, 0) is 41.5 Å². The molecule has 0 aromatic heterocycles. The molecule has 1 amide bonds. The predicted molar refractivity (Wildman–Crippen MR) is 130 cm³/mol. The third kappa shape index (κ3) is 5.75. The van der Waals surface area contributed by atoms with Crippen LogP contribution in [0.5, 0.6) is 0 Å². The second-order valence-electron chi connectivity index (χ2n) is 7.61. The van der Waals surface area contributed by atoms with Gasteiger partial charge < -0.3 is 20.8 Å². The van der Waals surface area contributed by atoms with Crippen LogP contribution in [0.3, 0.4) is 0 Å². The molecule has 1 aliphatic heterocycles. The van der Waals surface area contributed by atoms with Gasteiger partial charge in [-0.2, -0.15) is 0 Å². The summed E-state index contributed by atoms with van der Waals surface area (Å²) in [6.45, 7) is 3.99. The highest BCUT2D eigenvalue weighted by Crippen LogP contribution is 2.21. The lowest BCUT2D eigenvalue weighted by atomic mass is 10.1. The van der Waals surface area contributed by atoms with Crippen molar-refractivity contribution in [2.24, 2.45) is 0 Å². The molecule has 6 heteroatoms. The van der Waals surface area contributed by atoms with Crippen LogP contribution >= 0.6 is 0 Å². The van der Waals surface area contributed by atoms with Crippen LogP contribution in [0.15, 0.2) is 84.9 Å². The van der Waals surface area contributed by atoms with Gasteiger partial charge in [0.05, 0.1) is 36.8 Å². The first-order chi connectivity index (χ1) is 15.7. The molecule has 1 aliphatic rings. The van der Waals surface area contributed by atoms with Crippen molar-refractivity contribution in [3.8, 4) is 0 Å². The van der Waals surface area contributed by atoms with Gasteiger partial charge in [-0.15, -0.1) is 0 Å². The van der Waals surface area contributed by atoms with Crippen LogP contribution in [0.4, 0.5) is 17.1 Å². The first-order valence-corrected chi connectivity index (χ1v) is 10.8. The monoisotopic (exact) mass is 428 g/mol. The van der Waals surface area contributed by atoms with E-state index in [0.29, 0.717) is 11.4 Å². The second-order valence-corrected chi connectivity index (χ2v) is 7.61. The Morgan fingerprint density at radius 3 is 2.38 bits per heavy atom. The number of nitrogens with zero attached hydrogens (tertiary/aromatic N) is 2. The van der Waals surface area contributed by atoms with Gasteiger partial charge in [0, 0.05) is 19.2 Å². The average molecular weight is 429 g/mol. The first kappa shape index (κ1) is 21.6. The molecule has 1 fully saturated rings. The molecule has 0 atom stereocenters. The van der Waals surface area contributed by atoms with Crippen LogP contribution in [-0.4, -0.2) is 37.2 Å². The summed E-state index contributed by atoms with van der Waals surface area (Å²) < 4.78 is 5.53. The largest absolute Gasteiger partial charge is 0.397 e. The molecule has 6 nitrogen and oxygen atoms in total. The number of hydrogen-bond donors (Lipinski definition) is 2. The van der Waals surface area contributed by atoms with Gasteiger partial charge in [0.25, 0.3) is 0 Å². The maximum atomic E-state index is 12.2. The van der Waals surface area contributed by atoms with Crippen molar-refractivity contribution < 1.29 is 9.53 Å². The van der Waals surface area contributed by atoms with Gasteiger partial charge in [0.15, 0.2) is 0 Å². The fraction of sp³-hybridized carbons (Fsp3) is 0.192. The number of nitrogens with one attached hydrogen (secondary N) is 1. The fourth-order valence-electron chi connectivity index (χ4n) is 3.61. The molecule has 0 radical (unpaired) electrons. The average Bonchev–Trinajstić information content (AvgIpc) is 2.84. The Balaban J connectivity index is 1.41.